The number of nitrogens with zero attached hydrogens (tertiary/aromatic N) is 2. The van der Waals surface area contributed by atoms with Gasteiger partial charge in [0.1, 0.15) is 18.3 Å². The van der Waals surface area contributed by atoms with Gasteiger partial charge in [-0.1, -0.05) is 66.7 Å². The number of nitrogens with one attached hydrogen (secondary N) is 3. The average molecular weight is 610 g/mol. The zero-order valence-electron chi connectivity index (χ0n) is 24.4. The highest BCUT2D eigenvalue weighted by Gasteiger charge is 2.26. The number of carbonyl (C=O) groups excluding carboxylic acids is 2. The van der Waals surface area contributed by atoms with Gasteiger partial charge in [0.25, 0.3) is 11.6 Å². The van der Waals surface area contributed by atoms with E-state index in [0.29, 0.717) is 16.8 Å². The van der Waals surface area contributed by atoms with Crippen LogP contribution < -0.4 is 5.32 Å². The Morgan fingerprint density at radius 1 is 0.848 bits per heavy atom. The van der Waals surface area contributed by atoms with Crippen molar-refractivity contribution in [1.29, 1.82) is 0 Å². The summed E-state index contributed by atoms with van der Waals surface area (Å²) < 4.78 is 5.68. The molecular weight excluding hydrogens is 582 g/mol. The van der Waals surface area contributed by atoms with Crippen molar-refractivity contribution in [3.8, 4) is 11.3 Å². The van der Waals surface area contributed by atoms with Crippen LogP contribution in [-0.4, -0.2) is 37.8 Å². The average Bonchev–Trinajstić information content (AvgIpc) is 3.68. The lowest BCUT2D eigenvalue weighted by atomic mass is 10.0. The molecule has 46 heavy (non-hydrogen) atoms. The second-order valence-corrected chi connectivity index (χ2v) is 10.9. The summed E-state index contributed by atoms with van der Waals surface area (Å²) in [6, 6.07) is 31.4. The Labute approximate surface area is 262 Å². The maximum Gasteiger partial charge on any atom is 0.329 e. The number of nitro benzene ring substituents is 1. The number of carbonyl (C=O) groups is 2. The van der Waals surface area contributed by atoms with Crippen molar-refractivity contribution in [3.05, 3.63) is 142 Å². The highest BCUT2D eigenvalue weighted by Crippen LogP contribution is 2.33. The number of ether oxygens (including phenoxy) is 1. The number of esters is 1. The Morgan fingerprint density at radius 3 is 2.30 bits per heavy atom. The minimum absolute atomic E-state index is 0.0559. The first-order chi connectivity index (χ1) is 22.4. The third kappa shape index (κ3) is 5.55. The standard InChI is InChI=1S/C36H27N5O5/c42-35(40-32(36(43)46-21-22-8-2-1-3-9-22)18-24-20-37-29-12-6-4-10-26(24)29)31-19-28-27-11-5-7-13-30(27)38-34(28)33(39-31)23-14-16-25(17-15-23)41(44)45/h1-17,19-20,32,37-38H,18,21H2,(H,40,42)/t32-/m0/s1. The number of pyridine rings is 1. The van der Waals surface area contributed by atoms with E-state index < -0.39 is 22.8 Å². The molecule has 10 nitrogen and oxygen atoms in total. The number of nitro groups is 1. The molecule has 7 rings (SSSR count). The molecule has 1 atom stereocenters. The molecule has 10 heteroatoms. The fourth-order valence-corrected chi connectivity index (χ4v) is 5.69. The highest BCUT2D eigenvalue weighted by atomic mass is 16.6. The number of hydrogen-bond donors (Lipinski definition) is 3. The van der Waals surface area contributed by atoms with Gasteiger partial charge in [0.05, 0.1) is 16.1 Å². The van der Waals surface area contributed by atoms with E-state index in [1.54, 1.807) is 18.2 Å². The smallest absolute Gasteiger partial charge is 0.329 e. The molecule has 3 aromatic heterocycles. The Hall–Kier alpha value is -6.29. The van der Waals surface area contributed by atoms with Crippen LogP contribution in [0.1, 0.15) is 21.6 Å². The number of rotatable bonds is 9. The fraction of sp³-hybridized carbons (Fsp3) is 0.0833. The summed E-state index contributed by atoms with van der Waals surface area (Å²) in [4.78, 5) is 49.6. The van der Waals surface area contributed by atoms with E-state index >= 15 is 0 Å². The van der Waals surface area contributed by atoms with Crippen molar-refractivity contribution in [1.82, 2.24) is 20.3 Å². The fourth-order valence-electron chi connectivity index (χ4n) is 5.69. The van der Waals surface area contributed by atoms with E-state index in [9.17, 15) is 19.7 Å². The van der Waals surface area contributed by atoms with Crippen LogP contribution in [0, 0.1) is 10.1 Å². The molecule has 4 aromatic carbocycles. The third-order valence-corrected chi connectivity index (χ3v) is 7.99. The van der Waals surface area contributed by atoms with Crippen LogP contribution >= 0.6 is 0 Å². The van der Waals surface area contributed by atoms with E-state index in [1.807, 2.05) is 85.1 Å². The van der Waals surface area contributed by atoms with Crippen molar-refractivity contribution < 1.29 is 19.2 Å². The van der Waals surface area contributed by atoms with Crippen LogP contribution in [0.5, 0.6) is 0 Å². The second-order valence-electron chi connectivity index (χ2n) is 10.9. The zero-order chi connectivity index (χ0) is 31.6. The van der Waals surface area contributed by atoms with Gasteiger partial charge in [-0.05, 0) is 41.5 Å². The summed E-state index contributed by atoms with van der Waals surface area (Å²) in [5.74, 6) is -1.14. The highest BCUT2D eigenvalue weighted by molar-refractivity contribution is 6.13. The minimum Gasteiger partial charge on any atom is -0.459 e. The number of H-pyrrole nitrogens is 2. The Morgan fingerprint density at radius 2 is 1.54 bits per heavy atom. The van der Waals surface area contributed by atoms with E-state index in [0.717, 1.165) is 38.3 Å². The molecule has 0 fully saturated rings. The molecule has 1 amide bonds. The van der Waals surface area contributed by atoms with Gasteiger partial charge in [-0.2, -0.15) is 0 Å². The first kappa shape index (κ1) is 28.5. The van der Waals surface area contributed by atoms with E-state index in [2.05, 4.69) is 15.3 Å². The summed E-state index contributed by atoms with van der Waals surface area (Å²) in [6.45, 7) is 0.0593. The van der Waals surface area contributed by atoms with Crippen LogP contribution in [-0.2, 0) is 22.6 Å². The van der Waals surface area contributed by atoms with Gasteiger partial charge < -0.3 is 20.0 Å². The lowest BCUT2D eigenvalue weighted by molar-refractivity contribution is -0.384. The first-order valence-electron chi connectivity index (χ1n) is 14.7. The Bertz CT molecular complexity index is 2240. The lowest BCUT2D eigenvalue weighted by Crippen LogP contribution is -2.43. The van der Waals surface area contributed by atoms with Gasteiger partial charge in [-0.15, -0.1) is 0 Å². The van der Waals surface area contributed by atoms with E-state index in [-0.39, 0.29) is 24.4 Å². The van der Waals surface area contributed by atoms with Gasteiger partial charge in [0.2, 0.25) is 0 Å². The molecule has 0 saturated carbocycles. The number of hydrogen-bond acceptors (Lipinski definition) is 6. The van der Waals surface area contributed by atoms with Crippen LogP contribution in [0.15, 0.2) is 115 Å². The van der Waals surface area contributed by atoms with Crippen LogP contribution in [0.2, 0.25) is 0 Å². The van der Waals surface area contributed by atoms with Crippen molar-refractivity contribution in [3.63, 3.8) is 0 Å². The maximum absolute atomic E-state index is 14.0. The molecular formula is C36H27N5O5. The summed E-state index contributed by atoms with van der Waals surface area (Å²) in [7, 11) is 0. The van der Waals surface area contributed by atoms with Crippen molar-refractivity contribution >= 4 is 50.3 Å². The molecule has 0 bridgehead atoms. The molecule has 3 heterocycles. The molecule has 226 valence electrons. The molecule has 0 aliphatic carbocycles. The summed E-state index contributed by atoms with van der Waals surface area (Å²) in [5, 5.41) is 16.8. The number of aromatic nitrogens is 3. The minimum atomic E-state index is -1.02. The molecule has 0 aliphatic heterocycles. The molecule has 0 aliphatic rings. The number of fused-ring (bicyclic) bond motifs is 4. The number of aromatic amines is 2. The van der Waals surface area contributed by atoms with Gasteiger partial charge in [0.15, 0.2) is 0 Å². The van der Waals surface area contributed by atoms with Crippen LogP contribution in [0.25, 0.3) is 44.0 Å². The molecule has 7 aromatic rings. The van der Waals surface area contributed by atoms with Crippen LogP contribution in [0.4, 0.5) is 5.69 Å². The quantitative estimate of drug-likeness (QED) is 0.0927. The van der Waals surface area contributed by atoms with Gasteiger partial charge in [-0.25, -0.2) is 9.78 Å². The van der Waals surface area contributed by atoms with Crippen molar-refractivity contribution in [2.75, 3.05) is 0 Å². The maximum atomic E-state index is 14.0. The summed E-state index contributed by atoms with van der Waals surface area (Å²) in [6.07, 6.45) is 2.02. The topological polar surface area (TPSA) is 143 Å². The molecule has 3 N–H and O–H groups in total. The monoisotopic (exact) mass is 609 g/mol. The number of benzene rings is 4. The predicted octanol–water partition coefficient (Wildman–Crippen LogP) is 6.86. The number of non-ortho nitro benzene ring substituents is 1. The zero-order valence-corrected chi connectivity index (χ0v) is 24.4. The summed E-state index contributed by atoms with van der Waals surface area (Å²) >= 11 is 0. The first-order valence-corrected chi connectivity index (χ1v) is 14.7. The third-order valence-electron chi connectivity index (χ3n) is 7.99. The molecule has 0 radical (unpaired) electrons. The van der Waals surface area contributed by atoms with Crippen LogP contribution in [0.3, 0.4) is 0 Å². The van der Waals surface area contributed by atoms with Crippen molar-refractivity contribution in [2.45, 2.75) is 19.1 Å². The van der Waals surface area contributed by atoms with E-state index in [1.165, 1.54) is 12.1 Å². The second kappa shape index (κ2) is 12.0. The lowest BCUT2D eigenvalue weighted by Gasteiger charge is -2.18. The number of amides is 1. The largest absolute Gasteiger partial charge is 0.459 e. The van der Waals surface area contributed by atoms with Gasteiger partial charge >= 0.3 is 5.97 Å². The predicted molar refractivity (Wildman–Crippen MR) is 175 cm³/mol. The number of para-hydroxylation sites is 2. The molecule has 0 spiro atoms. The Kier molecular flexibility index (Phi) is 7.43. The molecule has 0 saturated heterocycles. The molecule has 0 unspecified atom stereocenters. The van der Waals surface area contributed by atoms with E-state index in [4.69, 9.17) is 9.72 Å². The van der Waals surface area contributed by atoms with Crippen molar-refractivity contribution in [2.24, 2.45) is 0 Å². The summed E-state index contributed by atoms with van der Waals surface area (Å²) in [5.41, 5.74) is 5.20. The van der Waals surface area contributed by atoms with Gasteiger partial charge in [-0.3, -0.25) is 14.9 Å². The van der Waals surface area contributed by atoms with Gasteiger partial charge in [0, 0.05) is 57.5 Å². The Balaban J connectivity index is 1.26. The normalized spacial score (nSPS) is 11.9. The SMILES string of the molecule is O=C(N[C@@H](Cc1c[nH]c2ccccc12)C(=O)OCc1ccccc1)c1cc2c([nH]c3ccccc32)c(-c2ccc([N+](=O)[O-])cc2)n1.